The zero-order chi connectivity index (χ0) is 33.3. The molecule has 2 aromatic heterocycles. The summed E-state index contributed by atoms with van der Waals surface area (Å²) in [5.74, 6) is -2.82. The number of amides is 1. The Morgan fingerprint density at radius 3 is 2.45 bits per heavy atom. The molecule has 1 saturated heterocycles. The van der Waals surface area contributed by atoms with Gasteiger partial charge in [0, 0.05) is 44.0 Å². The summed E-state index contributed by atoms with van der Waals surface area (Å²) in [6.07, 6.45) is 5.94. The number of hydrogen-bond acceptors (Lipinski definition) is 7. The highest BCUT2D eigenvalue weighted by molar-refractivity contribution is 7.17. The van der Waals surface area contributed by atoms with Crippen LogP contribution in [-0.2, 0) is 11.0 Å². The van der Waals surface area contributed by atoms with E-state index in [1.54, 1.807) is 0 Å². The van der Waals surface area contributed by atoms with Crippen molar-refractivity contribution in [3.63, 3.8) is 0 Å². The second-order valence-electron chi connectivity index (χ2n) is 12.2. The number of halogens is 5. The van der Waals surface area contributed by atoms with Gasteiger partial charge in [-0.1, -0.05) is 54.3 Å². The van der Waals surface area contributed by atoms with E-state index in [4.69, 9.17) is 11.6 Å². The van der Waals surface area contributed by atoms with Crippen LogP contribution in [0, 0.1) is 11.7 Å². The highest BCUT2D eigenvalue weighted by Crippen LogP contribution is 2.42. The van der Waals surface area contributed by atoms with Crippen molar-refractivity contribution in [3.05, 3.63) is 63.4 Å². The maximum absolute atomic E-state index is 15.4. The number of pyridine rings is 1. The maximum atomic E-state index is 15.4. The van der Waals surface area contributed by atoms with Gasteiger partial charge in [-0.25, -0.2) is 14.4 Å². The molecule has 8 nitrogen and oxygen atoms in total. The van der Waals surface area contributed by atoms with E-state index < -0.39 is 35.4 Å². The predicted molar refractivity (Wildman–Crippen MR) is 173 cm³/mol. The quantitative estimate of drug-likeness (QED) is 0.242. The molecule has 3 aromatic rings. The molecule has 2 fully saturated rings. The molecule has 14 heteroatoms. The molecule has 0 spiro atoms. The highest BCUT2D eigenvalue weighted by atomic mass is 35.5. The van der Waals surface area contributed by atoms with E-state index in [2.05, 4.69) is 20.2 Å². The number of rotatable bonds is 7. The van der Waals surface area contributed by atoms with Crippen LogP contribution in [0.25, 0.3) is 16.8 Å². The molecule has 6 rings (SSSR count). The number of piperidine rings is 1. The topological polar surface area (TPSA) is 98.7 Å². The van der Waals surface area contributed by atoms with Crippen LogP contribution >= 0.6 is 22.9 Å². The smallest absolute Gasteiger partial charge is 0.419 e. The number of nitrogens with zero attached hydrogens (tertiary/aromatic N) is 4. The van der Waals surface area contributed by atoms with Crippen LogP contribution in [0.3, 0.4) is 0 Å². The van der Waals surface area contributed by atoms with Gasteiger partial charge in [0.1, 0.15) is 11.6 Å². The number of hydrogen-bond donors (Lipinski definition) is 2. The largest absolute Gasteiger partial charge is 0.481 e. The van der Waals surface area contributed by atoms with Crippen molar-refractivity contribution in [3.8, 4) is 11.3 Å². The summed E-state index contributed by atoms with van der Waals surface area (Å²) >= 11 is 7.59. The molecule has 0 bridgehead atoms. The number of carbonyl (C=O) groups is 2. The second kappa shape index (κ2) is 13.9. The number of carbonyl (C=O) groups excluding carboxylic acids is 1. The monoisotopic (exact) mass is 691 g/mol. The van der Waals surface area contributed by atoms with Gasteiger partial charge in [0.05, 0.1) is 32.6 Å². The predicted octanol–water partition coefficient (Wildman–Crippen LogP) is 7.99. The van der Waals surface area contributed by atoms with Gasteiger partial charge >= 0.3 is 12.1 Å². The number of alkyl halides is 3. The molecule has 2 aliphatic heterocycles. The second-order valence-corrected chi connectivity index (χ2v) is 13.6. The SMILES string of the molecule is O=C(Nc1nc(-c2cccc(C(F)(F)F)c2F)c(C2=CCN(C3CCCCC3)CC2)s1)c1cnc(N2CCC(C(=O)O)CC2)c(Cl)c1. The molecular weight excluding hydrogens is 658 g/mol. The van der Waals surface area contributed by atoms with E-state index in [-0.39, 0.29) is 27.0 Å². The van der Waals surface area contributed by atoms with Crippen LogP contribution in [0.15, 0.2) is 36.5 Å². The van der Waals surface area contributed by atoms with Gasteiger partial charge in [0.2, 0.25) is 0 Å². The van der Waals surface area contributed by atoms with Crippen LogP contribution in [-0.4, -0.2) is 64.1 Å². The first-order valence-electron chi connectivity index (χ1n) is 15.7. The molecule has 250 valence electrons. The number of aromatic nitrogens is 2. The minimum Gasteiger partial charge on any atom is -0.481 e. The first-order valence-corrected chi connectivity index (χ1v) is 16.9. The summed E-state index contributed by atoms with van der Waals surface area (Å²) in [7, 11) is 0. The molecule has 0 atom stereocenters. The molecular formula is C33H34ClF4N5O3S. The molecule has 47 heavy (non-hydrogen) atoms. The fourth-order valence-corrected chi connectivity index (χ4v) is 8.00. The number of carboxylic acids is 1. The summed E-state index contributed by atoms with van der Waals surface area (Å²) in [6, 6.07) is 5.08. The molecule has 1 aromatic carbocycles. The average Bonchev–Trinajstić information content (AvgIpc) is 3.48. The third kappa shape index (κ3) is 7.31. The van der Waals surface area contributed by atoms with E-state index in [0.717, 1.165) is 42.4 Å². The zero-order valence-electron chi connectivity index (χ0n) is 25.5. The summed E-state index contributed by atoms with van der Waals surface area (Å²) in [5, 5.41) is 12.3. The van der Waals surface area contributed by atoms with Crippen molar-refractivity contribution in [2.45, 2.75) is 63.6 Å². The van der Waals surface area contributed by atoms with Gasteiger partial charge in [-0.15, -0.1) is 0 Å². The van der Waals surface area contributed by atoms with Crippen molar-refractivity contribution in [2.75, 3.05) is 36.4 Å². The van der Waals surface area contributed by atoms with Crippen molar-refractivity contribution in [2.24, 2.45) is 5.92 Å². The minimum atomic E-state index is -4.89. The Bertz CT molecular complexity index is 1680. The molecule has 2 N–H and O–H groups in total. The molecule has 1 aliphatic carbocycles. The Kier molecular flexibility index (Phi) is 9.86. The minimum absolute atomic E-state index is 0.0440. The van der Waals surface area contributed by atoms with E-state index in [1.165, 1.54) is 37.6 Å². The Hall–Kier alpha value is -3.55. The lowest BCUT2D eigenvalue weighted by Crippen LogP contribution is -2.39. The maximum Gasteiger partial charge on any atom is 0.419 e. The van der Waals surface area contributed by atoms with Crippen molar-refractivity contribution in [1.29, 1.82) is 0 Å². The van der Waals surface area contributed by atoms with Crippen molar-refractivity contribution in [1.82, 2.24) is 14.9 Å². The van der Waals surface area contributed by atoms with Crippen LogP contribution in [0.1, 0.15) is 72.2 Å². The van der Waals surface area contributed by atoms with Crippen LogP contribution in [0.2, 0.25) is 5.02 Å². The van der Waals surface area contributed by atoms with Gasteiger partial charge in [0.15, 0.2) is 5.13 Å². The first-order chi connectivity index (χ1) is 22.5. The normalized spacial score (nSPS) is 18.7. The Morgan fingerprint density at radius 2 is 1.81 bits per heavy atom. The van der Waals surface area contributed by atoms with E-state index in [9.17, 15) is 27.9 Å². The van der Waals surface area contributed by atoms with Crippen LogP contribution in [0.5, 0.6) is 0 Å². The first kappa shape index (κ1) is 33.4. The Labute approximate surface area is 278 Å². The van der Waals surface area contributed by atoms with Gasteiger partial charge in [-0.3, -0.25) is 19.8 Å². The molecule has 4 heterocycles. The summed E-state index contributed by atoms with van der Waals surface area (Å²) < 4.78 is 56.3. The zero-order valence-corrected chi connectivity index (χ0v) is 27.0. The van der Waals surface area contributed by atoms with Gasteiger partial charge in [-0.2, -0.15) is 13.2 Å². The Morgan fingerprint density at radius 1 is 1.06 bits per heavy atom. The van der Waals surface area contributed by atoms with E-state index in [0.29, 0.717) is 61.7 Å². The molecule has 3 aliphatic rings. The highest BCUT2D eigenvalue weighted by Gasteiger charge is 2.36. The number of carboxylic acid groups (broad SMARTS) is 1. The third-order valence-corrected chi connectivity index (χ3v) is 10.6. The molecule has 0 radical (unpaired) electrons. The van der Waals surface area contributed by atoms with Gasteiger partial charge in [0.25, 0.3) is 5.91 Å². The lowest BCUT2D eigenvalue weighted by molar-refractivity contribution is -0.142. The lowest BCUT2D eigenvalue weighted by Gasteiger charge is -2.36. The third-order valence-electron chi connectivity index (χ3n) is 9.26. The number of aliphatic carboxylic acids is 1. The molecule has 1 amide bonds. The summed E-state index contributed by atoms with van der Waals surface area (Å²) in [4.78, 5) is 38.2. The van der Waals surface area contributed by atoms with Crippen LogP contribution < -0.4 is 10.2 Å². The summed E-state index contributed by atoms with van der Waals surface area (Å²) in [6.45, 7) is 2.36. The number of anilines is 2. The standard InChI is InChI=1S/C33H34ClF4N5O3S/c34-25-17-21(18-39-29(25)43-15-11-20(12-16-43)31(45)46)30(44)41-32-40-27(23-7-4-8-24(26(23)35)33(36,37)38)28(47-32)19-9-13-42(14-10-19)22-5-2-1-3-6-22/h4,7-9,17-18,20,22H,1-3,5-6,10-16H2,(H,45,46)(H,40,41,44). The van der Waals surface area contributed by atoms with Gasteiger partial charge < -0.3 is 10.0 Å². The fraction of sp³-hybridized carbons (Fsp3) is 0.455. The fourth-order valence-electron chi connectivity index (χ4n) is 6.67. The van der Waals surface area contributed by atoms with Crippen molar-refractivity contribution < 1.29 is 32.3 Å². The molecule has 0 unspecified atom stereocenters. The van der Waals surface area contributed by atoms with E-state index >= 15 is 4.39 Å². The molecule has 1 saturated carbocycles. The Balaban J connectivity index is 1.26. The average molecular weight is 692 g/mol. The lowest BCUT2D eigenvalue weighted by atomic mass is 9.92. The number of benzene rings is 1. The number of thiazole rings is 1. The van der Waals surface area contributed by atoms with Crippen LogP contribution in [0.4, 0.5) is 28.5 Å². The number of nitrogens with one attached hydrogen (secondary N) is 1. The van der Waals surface area contributed by atoms with Crippen molar-refractivity contribution >= 4 is 51.3 Å². The van der Waals surface area contributed by atoms with E-state index in [1.807, 2.05) is 11.0 Å². The summed E-state index contributed by atoms with van der Waals surface area (Å²) in [5.41, 5.74) is -0.649. The van der Waals surface area contributed by atoms with Gasteiger partial charge in [-0.05, 0) is 55.9 Å².